The molecule has 0 radical (unpaired) electrons. The van der Waals surface area contributed by atoms with Crippen molar-refractivity contribution in [3.05, 3.63) is 22.3 Å². The number of carbonyl (C=O) groups excluding carboxylic acids is 1. The van der Waals surface area contributed by atoms with Gasteiger partial charge in [0.25, 0.3) is 0 Å². The van der Waals surface area contributed by atoms with Crippen LogP contribution in [0.4, 0.5) is 0 Å². The molecule has 3 aliphatic rings. The Bertz CT molecular complexity index is 528. The van der Waals surface area contributed by atoms with Gasteiger partial charge in [0, 0.05) is 0 Å². The van der Waals surface area contributed by atoms with Gasteiger partial charge < -0.3 is 0 Å². The second-order valence-electron chi connectivity index (χ2n) is 7.74. The Labute approximate surface area is 139 Å². The first-order chi connectivity index (χ1) is 10.5. The normalized spacial score (nSPS) is 25.1. The van der Waals surface area contributed by atoms with Crippen LogP contribution in [-0.2, 0) is 25.1 Å². The van der Waals surface area contributed by atoms with Gasteiger partial charge in [-0.05, 0) is 0 Å². The second-order valence-corrected chi connectivity index (χ2v) is 14.2. The minimum absolute atomic E-state index is 0.0518. The Morgan fingerprint density at radius 3 is 2.64 bits per heavy atom. The number of carbonyl (C=O) groups is 1. The molecule has 3 aliphatic carbocycles. The van der Waals surface area contributed by atoms with Crippen molar-refractivity contribution in [3.8, 4) is 0 Å². The Hall–Kier alpha value is -0.336. The standard InChI is InChI=1S/C13H17.C4H8O2.2CH3.Ti/c1-3-7-12-10(5-1)9-11-6-2-4-8-13(11)12;1-2-3-4(5)6;;;/h5H,1-4,6-9H2;2-3H2,1H3,(H,5,6);2*1H3;/q;;;;+1/p-1. The zero-order valence-corrected chi connectivity index (χ0v) is 16.0. The van der Waals surface area contributed by atoms with Gasteiger partial charge in [-0.1, -0.05) is 0 Å². The van der Waals surface area contributed by atoms with Gasteiger partial charge in [-0.3, -0.25) is 0 Å². The molecule has 22 heavy (non-hydrogen) atoms. The molecular formula is C19H30O2Ti. The molecule has 0 aliphatic heterocycles. The Balaban J connectivity index is 1.80. The number of hydrogen-bond acceptors (Lipinski definition) is 2. The fraction of sp³-hybridized carbons (Fsp3) is 0.737. The van der Waals surface area contributed by atoms with E-state index in [-0.39, 0.29) is 5.97 Å². The zero-order chi connectivity index (χ0) is 15.7. The summed E-state index contributed by atoms with van der Waals surface area (Å²) in [5.41, 5.74) is 6.87. The molecule has 1 atom stereocenters. The van der Waals surface area contributed by atoms with E-state index in [0.717, 1.165) is 6.42 Å². The van der Waals surface area contributed by atoms with E-state index in [1.807, 2.05) is 0 Å². The summed E-state index contributed by atoms with van der Waals surface area (Å²) >= 11 is -2.56. The maximum atomic E-state index is 12.0. The van der Waals surface area contributed by atoms with Crippen molar-refractivity contribution in [3.63, 3.8) is 0 Å². The van der Waals surface area contributed by atoms with Crippen molar-refractivity contribution in [2.24, 2.45) is 0 Å². The third-order valence-corrected chi connectivity index (χ3v) is 10.5. The molecule has 0 aromatic carbocycles. The average Bonchev–Trinajstić information content (AvgIpc) is 2.85. The average molecular weight is 338 g/mol. The number of fused-ring (bicyclic) bond motifs is 1. The van der Waals surface area contributed by atoms with Crippen LogP contribution in [0.3, 0.4) is 0 Å². The Morgan fingerprint density at radius 1 is 1.14 bits per heavy atom. The SMILES string of the molecule is CCCC(=O)[O][Ti]([CH3])([CH3])[CH]1CCCC2=C1CC1=C2CCCC1. The quantitative estimate of drug-likeness (QED) is 0.584. The fourth-order valence-corrected chi connectivity index (χ4v) is 9.19. The molecule has 0 bridgehead atoms. The summed E-state index contributed by atoms with van der Waals surface area (Å²) in [4.78, 5) is 12.0. The summed E-state index contributed by atoms with van der Waals surface area (Å²) in [6, 6.07) is 0. The van der Waals surface area contributed by atoms with Crippen LogP contribution in [0.5, 0.6) is 0 Å². The van der Waals surface area contributed by atoms with Crippen molar-refractivity contribution in [2.75, 3.05) is 0 Å². The maximum absolute atomic E-state index is 12.0. The molecule has 0 fully saturated rings. The summed E-state index contributed by atoms with van der Waals surface area (Å²) in [5, 5.41) is 4.62. The van der Waals surface area contributed by atoms with Crippen LogP contribution in [0.25, 0.3) is 0 Å². The van der Waals surface area contributed by atoms with Crippen LogP contribution in [0, 0.1) is 0 Å². The van der Waals surface area contributed by atoms with Gasteiger partial charge in [0.15, 0.2) is 0 Å². The predicted octanol–water partition coefficient (Wildman–Crippen LogP) is 6.04. The van der Waals surface area contributed by atoms with E-state index < -0.39 is 17.0 Å². The minimum atomic E-state index is -2.56. The molecule has 3 rings (SSSR count). The van der Waals surface area contributed by atoms with Crippen molar-refractivity contribution >= 4 is 5.97 Å². The summed E-state index contributed by atoms with van der Waals surface area (Å²) < 4.78 is 6.68. The number of hydrogen-bond donors (Lipinski definition) is 0. The van der Waals surface area contributed by atoms with E-state index >= 15 is 0 Å². The molecule has 1 unspecified atom stereocenters. The third-order valence-electron chi connectivity index (χ3n) is 5.75. The summed E-state index contributed by atoms with van der Waals surface area (Å²) in [7, 11) is 0. The van der Waals surface area contributed by atoms with E-state index in [2.05, 4.69) is 17.4 Å². The topological polar surface area (TPSA) is 26.3 Å². The van der Waals surface area contributed by atoms with Crippen LogP contribution in [0.15, 0.2) is 22.3 Å². The number of rotatable bonds is 4. The van der Waals surface area contributed by atoms with Gasteiger partial charge in [0.2, 0.25) is 0 Å². The van der Waals surface area contributed by atoms with Gasteiger partial charge in [-0.15, -0.1) is 0 Å². The van der Waals surface area contributed by atoms with E-state index in [9.17, 15) is 4.79 Å². The molecule has 0 aromatic heterocycles. The van der Waals surface area contributed by atoms with Crippen molar-refractivity contribution in [1.82, 2.24) is 0 Å². The third kappa shape index (κ3) is 3.15. The van der Waals surface area contributed by atoms with Crippen LogP contribution in [-0.4, -0.2) is 5.97 Å². The van der Waals surface area contributed by atoms with E-state index in [4.69, 9.17) is 3.32 Å². The van der Waals surface area contributed by atoms with Crippen molar-refractivity contribution in [2.45, 2.75) is 85.8 Å². The molecule has 0 saturated carbocycles. The first-order valence-corrected chi connectivity index (χ1v) is 13.8. The molecular weight excluding hydrogens is 308 g/mol. The predicted molar refractivity (Wildman–Crippen MR) is 87.5 cm³/mol. The van der Waals surface area contributed by atoms with Crippen LogP contribution >= 0.6 is 0 Å². The molecule has 3 heteroatoms. The molecule has 0 aromatic rings. The molecule has 122 valence electrons. The fourth-order valence-electron chi connectivity index (χ4n) is 4.75. The Kier molecular flexibility index (Phi) is 4.99. The monoisotopic (exact) mass is 338 g/mol. The summed E-state index contributed by atoms with van der Waals surface area (Å²) in [6.45, 7) is 2.05. The van der Waals surface area contributed by atoms with Crippen LogP contribution in [0.1, 0.15) is 71.1 Å². The second kappa shape index (κ2) is 6.65. The first-order valence-electron chi connectivity index (χ1n) is 9.18. The van der Waals surface area contributed by atoms with E-state index in [0.29, 0.717) is 10.6 Å². The Morgan fingerprint density at radius 2 is 1.86 bits per heavy atom. The zero-order valence-electron chi connectivity index (χ0n) is 14.5. The van der Waals surface area contributed by atoms with Crippen molar-refractivity contribution < 1.29 is 25.1 Å². The molecule has 2 nitrogen and oxygen atoms in total. The van der Waals surface area contributed by atoms with E-state index in [1.54, 1.807) is 22.3 Å². The molecule has 0 amide bonds. The van der Waals surface area contributed by atoms with E-state index in [1.165, 1.54) is 51.4 Å². The molecule has 0 spiro atoms. The van der Waals surface area contributed by atoms with Gasteiger partial charge in [0.05, 0.1) is 0 Å². The van der Waals surface area contributed by atoms with Gasteiger partial charge in [0.1, 0.15) is 0 Å². The molecule has 0 saturated heterocycles. The first kappa shape index (κ1) is 16.5. The van der Waals surface area contributed by atoms with Gasteiger partial charge >= 0.3 is 139 Å². The van der Waals surface area contributed by atoms with Crippen molar-refractivity contribution in [1.29, 1.82) is 0 Å². The van der Waals surface area contributed by atoms with Crippen LogP contribution in [0.2, 0.25) is 14.7 Å². The van der Waals surface area contributed by atoms with Gasteiger partial charge in [-0.2, -0.15) is 0 Å². The number of allylic oxidation sites excluding steroid dienone is 4. The summed E-state index contributed by atoms with van der Waals surface area (Å²) in [6.07, 6.45) is 11.9. The van der Waals surface area contributed by atoms with Gasteiger partial charge in [-0.25, -0.2) is 0 Å². The van der Waals surface area contributed by atoms with Crippen LogP contribution < -0.4 is 0 Å². The molecule has 0 heterocycles. The molecule has 0 N–H and O–H groups in total. The summed E-state index contributed by atoms with van der Waals surface area (Å²) in [5.74, 6) is 0.0518.